The molecule has 1 aromatic carbocycles. The Labute approximate surface area is 222 Å². The van der Waals surface area contributed by atoms with E-state index in [1.54, 1.807) is 13.8 Å². The Balaban J connectivity index is 1.84. The van der Waals surface area contributed by atoms with Crippen molar-refractivity contribution in [1.29, 1.82) is 0 Å². The summed E-state index contributed by atoms with van der Waals surface area (Å²) in [7, 11) is -1.70. The number of carbonyl (C=O) groups excluding carboxylic acids is 3. The highest BCUT2D eigenvalue weighted by atomic mass is 32.2. The van der Waals surface area contributed by atoms with Crippen molar-refractivity contribution in [3.05, 3.63) is 45.8 Å². The quantitative estimate of drug-likeness (QED) is 0.462. The summed E-state index contributed by atoms with van der Waals surface area (Å²) < 4.78 is 32.2. The second-order valence-corrected chi connectivity index (χ2v) is 11.7. The van der Waals surface area contributed by atoms with E-state index >= 15 is 0 Å². The Kier molecular flexibility index (Phi) is 9.82. The molecule has 1 aliphatic heterocycles. The molecule has 0 fully saturated rings. The first-order valence-corrected chi connectivity index (χ1v) is 14.6. The fourth-order valence-corrected chi connectivity index (χ4v) is 6.88. The van der Waals surface area contributed by atoms with E-state index in [1.165, 1.54) is 39.9 Å². The first-order valence-electron chi connectivity index (χ1n) is 12.3. The van der Waals surface area contributed by atoms with Crippen LogP contribution in [-0.2, 0) is 27.7 Å². The topological polar surface area (TPSA) is 125 Å². The van der Waals surface area contributed by atoms with Gasteiger partial charge in [-0.05, 0) is 56.6 Å². The number of imide groups is 1. The molecule has 3 rings (SSSR count). The molecule has 12 heteroatoms. The lowest BCUT2D eigenvalue weighted by atomic mass is 10.0. The zero-order valence-electron chi connectivity index (χ0n) is 21.6. The summed E-state index contributed by atoms with van der Waals surface area (Å²) in [6, 6.07) is 5.74. The van der Waals surface area contributed by atoms with Crippen LogP contribution in [0, 0.1) is 0 Å². The molecule has 3 amide bonds. The molecule has 1 aromatic heterocycles. The van der Waals surface area contributed by atoms with Crippen molar-refractivity contribution in [2.75, 3.05) is 38.6 Å². The maximum atomic E-state index is 13.1. The Bertz CT molecular complexity index is 1240. The number of carbonyl (C=O) groups is 3. The maximum absolute atomic E-state index is 13.1. The molecule has 2 aromatic rings. The smallest absolute Gasteiger partial charge is 0.414 e. The molecule has 0 spiro atoms. The number of thiophene rings is 1. The van der Waals surface area contributed by atoms with Gasteiger partial charge in [0.2, 0.25) is 10.0 Å². The highest BCUT2D eigenvalue weighted by molar-refractivity contribution is 7.89. The van der Waals surface area contributed by atoms with E-state index in [1.807, 2.05) is 14.0 Å². The third kappa shape index (κ3) is 6.75. The molecule has 0 radical (unpaired) electrons. The average molecular weight is 551 g/mol. The number of rotatable bonds is 10. The standard InChI is InChI=1S/C25H34N4O6S2/c1-5-8-14-29(6-2)37(33,34)18-11-9-17(10-12-18)22(30)26-24-21(23(31)27-25(32)35-7-3)19-13-15-28(4)16-20(19)36-24/h9-12H,5-8,13-16H2,1-4H3,(H,26,30)(H,27,31,32). The summed E-state index contributed by atoms with van der Waals surface area (Å²) in [6.07, 6.45) is 1.39. The highest BCUT2D eigenvalue weighted by Crippen LogP contribution is 2.37. The molecule has 2 N–H and O–H groups in total. The maximum Gasteiger partial charge on any atom is 0.414 e. The van der Waals surface area contributed by atoms with Gasteiger partial charge in [-0.3, -0.25) is 14.9 Å². The van der Waals surface area contributed by atoms with Gasteiger partial charge in [0.15, 0.2) is 0 Å². The van der Waals surface area contributed by atoms with Gasteiger partial charge >= 0.3 is 6.09 Å². The molecule has 0 saturated carbocycles. The molecule has 0 aliphatic carbocycles. The van der Waals surface area contributed by atoms with Gasteiger partial charge in [0.05, 0.1) is 17.1 Å². The largest absolute Gasteiger partial charge is 0.450 e. The Morgan fingerprint density at radius 2 is 1.81 bits per heavy atom. The Hall–Kier alpha value is -2.80. The normalized spacial score (nSPS) is 13.8. The Morgan fingerprint density at radius 3 is 2.43 bits per heavy atom. The number of fused-ring (bicyclic) bond motifs is 1. The average Bonchev–Trinajstić information content (AvgIpc) is 3.21. The van der Waals surface area contributed by atoms with Crippen molar-refractivity contribution < 1.29 is 27.5 Å². The van der Waals surface area contributed by atoms with E-state index in [9.17, 15) is 22.8 Å². The van der Waals surface area contributed by atoms with Crippen LogP contribution in [0.5, 0.6) is 0 Å². The van der Waals surface area contributed by atoms with Crippen LogP contribution < -0.4 is 10.6 Å². The summed E-state index contributed by atoms with van der Waals surface area (Å²) in [6.45, 7) is 7.71. The number of likely N-dealkylation sites (N-methyl/N-ethyl adjacent to an activating group) is 1. The van der Waals surface area contributed by atoms with Crippen LogP contribution in [-0.4, -0.2) is 68.8 Å². The molecule has 2 heterocycles. The van der Waals surface area contributed by atoms with Gasteiger partial charge in [-0.1, -0.05) is 20.3 Å². The monoisotopic (exact) mass is 550 g/mol. The molecule has 0 unspecified atom stereocenters. The number of alkyl carbamates (subject to hydrolysis) is 1. The van der Waals surface area contributed by atoms with Gasteiger partial charge in [0.25, 0.3) is 11.8 Å². The lowest BCUT2D eigenvalue weighted by Gasteiger charge is -2.22. The van der Waals surface area contributed by atoms with Crippen molar-refractivity contribution in [2.24, 2.45) is 0 Å². The minimum Gasteiger partial charge on any atom is -0.450 e. The van der Waals surface area contributed by atoms with Gasteiger partial charge in [-0.15, -0.1) is 11.3 Å². The summed E-state index contributed by atoms with van der Waals surface area (Å²) in [4.78, 5) is 41.1. The van der Waals surface area contributed by atoms with Crippen LogP contribution in [0.25, 0.3) is 0 Å². The third-order valence-corrected chi connectivity index (χ3v) is 9.18. The molecule has 37 heavy (non-hydrogen) atoms. The second kappa shape index (κ2) is 12.6. The predicted molar refractivity (Wildman–Crippen MR) is 143 cm³/mol. The number of ether oxygens (including phenoxy) is 1. The minimum atomic E-state index is -3.66. The first-order chi connectivity index (χ1) is 17.6. The number of nitrogens with zero attached hydrogens (tertiary/aromatic N) is 2. The van der Waals surface area contributed by atoms with Crippen LogP contribution in [0.3, 0.4) is 0 Å². The SMILES string of the molecule is CCCCN(CC)S(=O)(=O)c1ccc(C(=O)Nc2sc3c(c2C(=O)NC(=O)OCC)CCN(C)C3)cc1. The van der Waals surface area contributed by atoms with Gasteiger partial charge in [-0.2, -0.15) is 4.31 Å². The molecule has 0 atom stereocenters. The number of benzene rings is 1. The van der Waals surface area contributed by atoms with E-state index in [0.29, 0.717) is 31.1 Å². The number of amides is 3. The van der Waals surface area contributed by atoms with Crippen molar-refractivity contribution in [1.82, 2.24) is 14.5 Å². The van der Waals surface area contributed by atoms with Crippen molar-refractivity contribution in [2.45, 2.75) is 51.5 Å². The van der Waals surface area contributed by atoms with Crippen LogP contribution >= 0.6 is 11.3 Å². The molecule has 0 bridgehead atoms. The van der Waals surface area contributed by atoms with Crippen molar-refractivity contribution >= 4 is 44.3 Å². The molecule has 0 saturated heterocycles. The number of hydrogen-bond donors (Lipinski definition) is 2. The van der Waals surface area contributed by atoms with E-state index in [4.69, 9.17) is 4.74 Å². The van der Waals surface area contributed by atoms with Crippen molar-refractivity contribution in [3.63, 3.8) is 0 Å². The van der Waals surface area contributed by atoms with Crippen molar-refractivity contribution in [3.8, 4) is 0 Å². The number of sulfonamides is 1. The first kappa shape index (κ1) is 28.8. The van der Waals surface area contributed by atoms with Crippen LogP contribution in [0.1, 0.15) is 64.8 Å². The summed E-state index contributed by atoms with van der Waals surface area (Å²) >= 11 is 1.29. The molecular formula is C25H34N4O6S2. The fourth-order valence-electron chi connectivity index (χ4n) is 4.07. The summed E-state index contributed by atoms with van der Waals surface area (Å²) in [5, 5.41) is 5.35. The zero-order valence-corrected chi connectivity index (χ0v) is 23.3. The zero-order chi connectivity index (χ0) is 27.2. The summed E-state index contributed by atoms with van der Waals surface area (Å²) in [5.74, 6) is -1.12. The molecule has 10 nitrogen and oxygen atoms in total. The van der Waals surface area contributed by atoms with E-state index in [0.717, 1.165) is 29.8 Å². The Morgan fingerprint density at radius 1 is 1.11 bits per heavy atom. The van der Waals surface area contributed by atoms with Gasteiger partial charge < -0.3 is 15.0 Å². The predicted octanol–water partition coefficient (Wildman–Crippen LogP) is 3.69. The lowest BCUT2D eigenvalue weighted by molar-refractivity contribution is 0.0924. The number of nitrogens with one attached hydrogen (secondary N) is 2. The fraction of sp³-hybridized carbons (Fsp3) is 0.480. The van der Waals surface area contributed by atoms with E-state index < -0.39 is 27.9 Å². The second-order valence-electron chi connectivity index (χ2n) is 8.70. The molecule has 1 aliphatic rings. The molecule has 202 valence electrons. The molecular weight excluding hydrogens is 516 g/mol. The van der Waals surface area contributed by atoms with Gasteiger partial charge in [0.1, 0.15) is 5.00 Å². The number of unbranched alkanes of at least 4 members (excludes halogenated alkanes) is 1. The lowest BCUT2D eigenvalue weighted by Crippen LogP contribution is -2.33. The number of hydrogen-bond acceptors (Lipinski definition) is 8. The third-order valence-electron chi connectivity index (χ3n) is 6.06. The van der Waals surface area contributed by atoms with E-state index in [-0.39, 0.29) is 22.6 Å². The number of anilines is 1. The van der Waals surface area contributed by atoms with Gasteiger partial charge in [-0.25, -0.2) is 13.2 Å². The van der Waals surface area contributed by atoms with E-state index in [2.05, 4.69) is 15.5 Å². The van der Waals surface area contributed by atoms with Crippen LogP contribution in [0.15, 0.2) is 29.2 Å². The highest BCUT2D eigenvalue weighted by Gasteiger charge is 2.29. The van der Waals surface area contributed by atoms with Crippen LogP contribution in [0.4, 0.5) is 9.80 Å². The summed E-state index contributed by atoms with van der Waals surface area (Å²) in [5.41, 5.74) is 1.30. The minimum absolute atomic E-state index is 0.117. The van der Waals surface area contributed by atoms with Gasteiger partial charge in [0, 0.05) is 36.6 Å². The van der Waals surface area contributed by atoms with Crippen LogP contribution in [0.2, 0.25) is 0 Å².